The molecular formula is C28H24F3NO5. The van der Waals surface area contributed by atoms with E-state index in [1.54, 1.807) is 42.5 Å². The number of hydrogen-bond donors (Lipinski definition) is 1. The lowest BCUT2D eigenvalue weighted by Crippen LogP contribution is -2.29. The van der Waals surface area contributed by atoms with E-state index in [-0.39, 0.29) is 22.9 Å². The molecule has 1 fully saturated rings. The number of amides is 1. The number of alkyl halides is 3. The summed E-state index contributed by atoms with van der Waals surface area (Å²) >= 11 is 0. The van der Waals surface area contributed by atoms with Gasteiger partial charge in [-0.05, 0) is 62.7 Å². The molecule has 3 aromatic rings. The van der Waals surface area contributed by atoms with Crippen LogP contribution in [0.25, 0.3) is 5.76 Å². The molecular weight excluding hydrogens is 487 g/mol. The minimum atomic E-state index is -4.87. The maximum atomic E-state index is 13.3. The van der Waals surface area contributed by atoms with Gasteiger partial charge in [0.1, 0.15) is 17.3 Å². The van der Waals surface area contributed by atoms with E-state index in [1.807, 2.05) is 26.8 Å². The number of nitrogens with zero attached hydrogens (tertiary/aromatic N) is 1. The molecule has 1 unspecified atom stereocenters. The molecule has 0 saturated carbocycles. The lowest BCUT2D eigenvalue weighted by Gasteiger charge is -2.26. The number of anilines is 1. The molecule has 1 amide bonds. The summed E-state index contributed by atoms with van der Waals surface area (Å²) in [5.41, 5.74) is 1.70. The summed E-state index contributed by atoms with van der Waals surface area (Å²) in [6.07, 6.45) is -5.00. The first-order chi connectivity index (χ1) is 17.4. The summed E-state index contributed by atoms with van der Waals surface area (Å²) in [4.78, 5) is 27.7. The Bertz CT molecular complexity index is 1360. The number of rotatable bonds is 6. The fourth-order valence-corrected chi connectivity index (χ4v) is 4.21. The number of Topliss-reactive ketones (excluding diaryl/α,β-unsaturated/α-hetero) is 1. The number of hydrogen-bond acceptors (Lipinski definition) is 5. The Morgan fingerprint density at radius 3 is 2.24 bits per heavy atom. The van der Waals surface area contributed by atoms with Crippen molar-refractivity contribution in [3.63, 3.8) is 0 Å². The lowest BCUT2D eigenvalue weighted by molar-refractivity contribution is -0.274. The van der Waals surface area contributed by atoms with Crippen molar-refractivity contribution in [1.82, 2.24) is 0 Å². The minimum absolute atomic E-state index is 0.125. The molecule has 0 spiro atoms. The van der Waals surface area contributed by atoms with Crippen molar-refractivity contribution in [1.29, 1.82) is 0 Å². The zero-order chi connectivity index (χ0) is 26.9. The van der Waals surface area contributed by atoms with E-state index in [0.29, 0.717) is 11.3 Å². The summed E-state index contributed by atoms with van der Waals surface area (Å²) < 4.78 is 47.4. The molecule has 0 bridgehead atoms. The Labute approximate surface area is 211 Å². The number of ketones is 1. The fourth-order valence-electron chi connectivity index (χ4n) is 4.21. The minimum Gasteiger partial charge on any atom is -0.507 e. The monoisotopic (exact) mass is 511 g/mol. The Morgan fingerprint density at radius 1 is 0.946 bits per heavy atom. The highest BCUT2D eigenvalue weighted by atomic mass is 19.4. The molecule has 6 nitrogen and oxygen atoms in total. The van der Waals surface area contributed by atoms with Crippen molar-refractivity contribution < 1.29 is 37.3 Å². The van der Waals surface area contributed by atoms with E-state index < -0.39 is 35.6 Å². The molecule has 1 saturated heterocycles. The number of carbonyl (C=O) groups is 2. The average Bonchev–Trinajstić information content (AvgIpc) is 3.08. The van der Waals surface area contributed by atoms with Crippen molar-refractivity contribution in [3.8, 4) is 11.5 Å². The normalized spacial score (nSPS) is 17.4. The first-order valence-corrected chi connectivity index (χ1v) is 11.4. The standard InChI is InChI=1S/C28H24F3NO5/c1-16(2)36-22-9-5-8-19(15-22)25(33)23-24(18-7-4-6-17(3)14-18)32(27(35)26(23)34)20-10-12-21(13-11-20)37-28(29,30)31/h4-16,24,33H,1-3H3/b25-23-. The van der Waals surface area contributed by atoms with E-state index in [4.69, 9.17) is 4.74 Å². The molecule has 1 N–H and O–H groups in total. The van der Waals surface area contributed by atoms with Gasteiger partial charge in [-0.1, -0.05) is 42.0 Å². The molecule has 0 radical (unpaired) electrons. The molecule has 0 aromatic heterocycles. The summed E-state index contributed by atoms with van der Waals surface area (Å²) in [7, 11) is 0. The van der Waals surface area contributed by atoms with Crippen LogP contribution in [0.5, 0.6) is 11.5 Å². The third kappa shape index (κ3) is 5.61. The molecule has 192 valence electrons. The third-order valence-electron chi connectivity index (χ3n) is 5.63. The first-order valence-electron chi connectivity index (χ1n) is 11.4. The number of benzene rings is 3. The van der Waals surface area contributed by atoms with Crippen molar-refractivity contribution in [2.24, 2.45) is 0 Å². The lowest BCUT2D eigenvalue weighted by atomic mass is 9.94. The van der Waals surface area contributed by atoms with Gasteiger partial charge >= 0.3 is 6.36 Å². The van der Waals surface area contributed by atoms with Crippen LogP contribution in [0.2, 0.25) is 0 Å². The Hall–Kier alpha value is -4.27. The van der Waals surface area contributed by atoms with Crippen LogP contribution in [0.3, 0.4) is 0 Å². The zero-order valence-corrected chi connectivity index (χ0v) is 20.2. The van der Waals surface area contributed by atoms with Gasteiger partial charge < -0.3 is 14.6 Å². The van der Waals surface area contributed by atoms with Gasteiger partial charge in [0.15, 0.2) is 0 Å². The summed E-state index contributed by atoms with van der Waals surface area (Å²) in [6, 6.07) is 17.2. The van der Waals surface area contributed by atoms with Gasteiger partial charge in [0.05, 0.1) is 17.7 Å². The second-order valence-electron chi connectivity index (χ2n) is 8.82. The summed E-state index contributed by atoms with van der Waals surface area (Å²) in [6.45, 7) is 5.54. The molecule has 3 aromatic carbocycles. The van der Waals surface area contributed by atoms with E-state index in [0.717, 1.165) is 22.6 Å². The van der Waals surface area contributed by atoms with Gasteiger partial charge in [-0.2, -0.15) is 0 Å². The number of aliphatic hydroxyl groups excluding tert-OH is 1. The third-order valence-corrected chi connectivity index (χ3v) is 5.63. The van der Waals surface area contributed by atoms with Crippen LogP contribution in [0.1, 0.15) is 36.6 Å². The number of aryl methyl sites for hydroxylation is 1. The van der Waals surface area contributed by atoms with Gasteiger partial charge in [0.2, 0.25) is 0 Å². The fraction of sp³-hybridized carbons (Fsp3) is 0.214. The van der Waals surface area contributed by atoms with Crippen molar-refractivity contribution >= 4 is 23.1 Å². The topological polar surface area (TPSA) is 76.1 Å². The van der Waals surface area contributed by atoms with E-state index in [2.05, 4.69) is 4.74 Å². The molecule has 0 aliphatic carbocycles. The predicted octanol–water partition coefficient (Wildman–Crippen LogP) is 6.31. The largest absolute Gasteiger partial charge is 0.573 e. The SMILES string of the molecule is Cc1cccc(C2/C(=C(/O)c3cccc(OC(C)C)c3)C(=O)C(=O)N2c2ccc(OC(F)(F)F)cc2)c1. The van der Waals surface area contributed by atoms with E-state index >= 15 is 0 Å². The highest BCUT2D eigenvalue weighted by Crippen LogP contribution is 2.43. The number of carbonyl (C=O) groups excluding carboxylic acids is 2. The molecule has 4 rings (SSSR count). The van der Waals surface area contributed by atoms with Crippen molar-refractivity contribution in [3.05, 3.63) is 95.1 Å². The quantitative estimate of drug-likeness (QED) is 0.239. The Morgan fingerprint density at radius 2 is 1.62 bits per heavy atom. The van der Waals surface area contributed by atoms with E-state index in [1.165, 1.54) is 12.1 Å². The predicted molar refractivity (Wildman–Crippen MR) is 131 cm³/mol. The smallest absolute Gasteiger partial charge is 0.507 e. The van der Waals surface area contributed by atoms with Crippen LogP contribution in [0.4, 0.5) is 18.9 Å². The van der Waals surface area contributed by atoms with Crippen molar-refractivity contribution in [2.45, 2.75) is 39.3 Å². The van der Waals surface area contributed by atoms with Crippen LogP contribution in [-0.2, 0) is 9.59 Å². The molecule has 1 atom stereocenters. The van der Waals surface area contributed by atoms with Crippen LogP contribution >= 0.6 is 0 Å². The van der Waals surface area contributed by atoms with E-state index in [9.17, 15) is 27.9 Å². The van der Waals surface area contributed by atoms with Gasteiger partial charge in [-0.15, -0.1) is 13.2 Å². The Kier molecular flexibility index (Phi) is 6.98. The number of aliphatic hydroxyl groups is 1. The second kappa shape index (κ2) is 10.0. The van der Waals surface area contributed by atoms with Crippen LogP contribution < -0.4 is 14.4 Å². The maximum Gasteiger partial charge on any atom is 0.573 e. The molecule has 1 heterocycles. The van der Waals surface area contributed by atoms with Gasteiger partial charge in [-0.3, -0.25) is 14.5 Å². The number of ether oxygens (including phenoxy) is 2. The molecule has 9 heteroatoms. The van der Waals surface area contributed by atoms with Gasteiger partial charge in [-0.25, -0.2) is 0 Å². The highest BCUT2D eigenvalue weighted by Gasteiger charge is 2.47. The van der Waals surface area contributed by atoms with Crippen LogP contribution in [0, 0.1) is 6.92 Å². The zero-order valence-electron chi connectivity index (χ0n) is 20.2. The molecule has 1 aliphatic heterocycles. The van der Waals surface area contributed by atoms with Gasteiger partial charge in [0, 0.05) is 11.3 Å². The van der Waals surface area contributed by atoms with Crippen molar-refractivity contribution in [2.75, 3.05) is 4.90 Å². The highest BCUT2D eigenvalue weighted by molar-refractivity contribution is 6.51. The van der Waals surface area contributed by atoms with Crippen LogP contribution in [-0.4, -0.2) is 29.3 Å². The van der Waals surface area contributed by atoms with Gasteiger partial charge in [0.25, 0.3) is 11.7 Å². The summed E-state index contributed by atoms with van der Waals surface area (Å²) in [5.74, 6) is -2.23. The maximum absolute atomic E-state index is 13.3. The summed E-state index contributed by atoms with van der Waals surface area (Å²) in [5, 5.41) is 11.3. The van der Waals surface area contributed by atoms with Crippen LogP contribution in [0.15, 0.2) is 78.4 Å². The Balaban J connectivity index is 1.85. The second-order valence-corrected chi connectivity index (χ2v) is 8.82. The molecule has 37 heavy (non-hydrogen) atoms. The number of halogens is 3. The first kappa shape index (κ1) is 25.8. The average molecular weight is 511 g/mol. The molecule has 1 aliphatic rings.